The number of hydrogen-bond donors (Lipinski definition) is 0. The molecule has 0 saturated carbocycles. The summed E-state index contributed by atoms with van der Waals surface area (Å²) in [4.78, 5) is 30.4. The first-order chi connectivity index (χ1) is 17.1. The molecule has 1 aromatic heterocycles. The van der Waals surface area contributed by atoms with Gasteiger partial charge >= 0.3 is 5.97 Å². The lowest BCUT2D eigenvalue weighted by Gasteiger charge is -2.11. The zero-order chi connectivity index (χ0) is 24.4. The fraction of sp³-hybridized carbons (Fsp3) is 0.107. The molecule has 5 aromatic rings. The third-order valence-corrected chi connectivity index (χ3v) is 5.69. The van der Waals surface area contributed by atoms with Gasteiger partial charge < -0.3 is 18.6 Å². The monoisotopic (exact) mass is 467 g/mol. The molecule has 0 aliphatic heterocycles. The van der Waals surface area contributed by atoms with E-state index in [0.717, 1.165) is 10.9 Å². The average molecular weight is 467 g/mol. The minimum absolute atomic E-state index is 0.320. The summed E-state index contributed by atoms with van der Waals surface area (Å²) in [6.45, 7) is -0.421. The van der Waals surface area contributed by atoms with Crippen LogP contribution in [0, 0.1) is 0 Å². The molecule has 0 amide bonds. The molecule has 0 radical (unpaired) electrons. The van der Waals surface area contributed by atoms with Crippen molar-refractivity contribution in [3.05, 3.63) is 90.0 Å². The fourth-order valence-corrected chi connectivity index (χ4v) is 3.98. The van der Waals surface area contributed by atoms with E-state index in [2.05, 4.69) is 4.98 Å². The van der Waals surface area contributed by atoms with Crippen molar-refractivity contribution in [2.24, 2.45) is 0 Å². The number of hydrogen-bond acceptors (Lipinski definition) is 7. The van der Waals surface area contributed by atoms with Crippen LogP contribution in [0.3, 0.4) is 0 Å². The van der Waals surface area contributed by atoms with Crippen molar-refractivity contribution in [3.63, 3.8) is 0 Å². The van der Waals surface area contributed by atoms with Gasteiger partial charge in [-0.1, -0.05) is 36.4 Å². The number of carbonyl (C=O) groups is 2. The number of Topliss-reactive ketones (excluding diaryl/α,β-unsaturated/α-hetero) is 1. The van der Waals surface area contributed by atoms with Crippen LogP contribution in [-0.2, 0) is 4.74 Å². The maximum atomic E-state index is 13.1. The van der Waals surface area contributed by atoms with Crippen molar-refractivity contribution < 1.29 is 28.2 Å². The number of rotatable bonds is 7. The minimum atomic E-state index is -0.618. The Labute approximate surface area is 200 Å². The number of carbonyl (C=O) groups excluding carboxylic acids is 2. The van der Waals surface area contributed by atoms with Gasteiger partial charge in [-0.25, -0.2) is 9.78 Å². The Hall–Kier alpha value is -4.65. The second kappa shape index (κ2) is 9.30. The van der Waals surface area contributed by atoms with Crippen molar-refractivity contribution >= 4 is 33.6 Å². The van der Waals surface area contributed by atoms with Crippen molar-refractivity contribution in [3.8, 4) is 23.0 Å². The zero-order valence-electron chi connectivity index (χ0n) is 19.1. The fourth-order valence-electron chi connectivity index (χ4n) is 3.98. The lowest BCUT2D eigenvalue weighted by atomic mass is 9.99. The maximum absolute atomic E-state index is 13.1. The molecule has 7 nitrogen and oxygen atoms in total. The van der Waals surface area contributed by atoms with E-state index in [-0.39, 0.29) is 5.78 Å². The van der Waals surface area contributed by atoms with Gasteiger partial charge in [0, 0.05) is 16.5 Å². The molecule has 0 spiro atoms. The molecule has 0 fully saturated rings. The van der Waals surface area contributed by atoms with Crippen molar-refractivity contribution in [1.82, 2.24) is 4.98 Å². The molecule has 7 heteroatoms. The Bertz CT molecular complexity index is 1530. The van der Waals surface area contributed by atoms with E-state index in [9.17, 15) is 9.59 Å². The summed E-state index contributed by atoms with van der Waals surface area (Å²) in [7, 11) is 3.00. The molecular formula is C28H21NO6. The third kappa shape index (κ3) is 4.19. The van der Waals surface area contributed by atoms with E-state index in [4.69, 9.17) is 18.6 Å². The molecule has 0 aliphatic rings. The van der Waals surface area contributed by atoms with Crippen LogP contribution >= 0.6 is 0 Å². The molecule has 0 N–H and O–H groups in total. The minimum Gasteiger partial charge on any atom is -0.493 e. The van der Waals surface area contributed by atoms with Crippen molar-refractivity contribution in [1.29, 1.82) is 0 Å². The first-order valence-corrected chi connectivity index (χ1v) is 10.9. The van der Waals surface area contributed by atoms with E-state index >= 15 is 0 Å². The Kier molecular flexibility index (Phi) is 5.89. The lowest BCUT2D eigenvalue weighted by molar-refractivity contribution is 0.0476. The first kappa shape index (κ1) is 22.2. The van der Waals surface area contributed by atoms with Crippen LogP contribution in [0.2, 0.25) is 0 Å². The SMILES string of the molecule is COc1ccc(C(=O)COC(=O)c2cccc3cccc(-c4nc5ccccc5o4)c23)cc1OC. The van der Waals surface area contributed by atoms with E-state index in [1.165, 1.54) is 14.2 Å². The normalized spacial score (nSPS) is 10.9. The standard InChI is InChI=1S/C28H21NO6/c1-32-24-14-13-18(15-25(24)33-2)22(30)16-34-28(31)20-10-6-8-17-7-5-9-19(26(17)20)27-29-21-11-3-4-12-23(21)35-27/h3-15H,16H2,1-2H3. The Morgan fingerprint density at radius 1 is 0.857 bits per heavy atom. The molecule has 35 heavy (non-hydrogen) atoms. The summed E-state index contributed by atoms with van der Waals surface area (Å²) in [5, 5.41) is 1.47. The summed E-state index contributed by atoms with van der Waals surface area (Å²) in [5.41, 5.74) is 2.71. The maximum Gasteiger partial charge on any atom is 0.339 e. The van der Waals surface area contributed by atoms with Crippen LogP contribution in [0.15, 0.2) is 83.3 Å². The highest BCUT2D eigenvalue weighted by Gasteiger charge is 2.20. The number of esters is 1. The number of nitrogens with zero attached hydrogens (tertiary/aromatic N) is 1. The van der Waals surface area contributed by atoms with Crippen LogP contribution < -0.4 is 9.47 Å². The van der Waals surface area contributed by atoms with Gasteiger partial charge in [0.2, 0.25) is 5.89 Å². The second-order valence-electron chi connectivity index (χ2n) is 7.77. The summed E-state index contributed by atoms with van der Waals surface area (Å²) >= 11 is 0. The molecule has 0 atom stereocenters. The Morgan fingerprint density at radius 3 is 2.40 bits per heavy atom. The molecule has 5 rings (SSSR count). The highest BCUT2D eigenvalue weighted by atomic mass is 16.5. The van der Waals surface area contributed by atoms with Gasteiger partial charge in [-0.3, -0.25) is 4.79 Å². The van der Waals surface area contributed by atoms with Crippen LogP contribution in [-0.4, -0.2) is 37.6 Å². The van der Waals surface area contributed by atoms with Gasteiger partial charge in [0.25, 0.3) is 0 Å². The summed E-state index contributed by atoms with van der Waals surface area (Å²) in [5.74, 6) is 0.343. The summed E-state index contributed by atoms with van der Waals surface area (Å²) in [6, 6.07) is 23.2. The zero-order valence-corrected chi connectivity index (χ0v) is 19.1. The van der Waals surface area contributed by atoms with E-state index < -0.39 is 12.6 Å². The van der Waals surface area contributed by atoms with Gasteiger partial charge in [0.05, 0.1) is 19.8 Å². The average Bonchev–Trinajstić information content (AvgIpc) is 3.34. The summed E-state index contributed by atoms with van der Waals surface area (Å²) in [6.07, 6.45) is 0. The van der Waals surface area contributed by atoms with Gasteiger partial charge in [0.15, 0.2) is 29.5 Å². The number of ketones is 1. The van der Waals surface area contributed by atoms with E-state index in [0.29, 0.717) is 45.0 Å². The number of para-hydroxylation sites is 2. The third-order valence-electron chi connectivity index (χ3n) is 5.69. The van der Waals surface area contributed by atoms with Crippen LogP contribution in [0.25, 0.3) is 33.3 Å². The predicted octanol–water partition coefficient (Wildman–Crippen LogP) is 5.70. The quantitative estimate of drug-likeness (QED) is 0.224. The molecule has 174 valence electrons. The van der Waals surface area contributed by atoms with Crippen molar-refractivity contribution in [2.45, 2.75) is 0 Å². The van der Waals surface area contributed by atoms with Crippen LogP contribution in [0.5, 0.6) is 11.5 Å². The first-order valence-electron chi connectivity index (χ1n) is 10.9. The Morgan fingerprint density at radius 2 is 1.63 bits per heavy atom. The molecule has 0 aliphatic carbocycles. The molecule has 0 unspecified atom stereocenters. The largest absolute Gasteiger partial charge is 0.493 e. The van der Waals surface area contributed by atoms with E-state index in [1.807, 2.05) is 48.5 Å². The highest BCUT2D eigenvalue weighted by Crippen LogP contribution is 2.33. The summed E-state index contributed by atoms with van der Waals surface area (Å²) < 4.78 is 21.8. The van der Waals surface area contributed by atoms with Gasteiger partial charge in [-0.05, 0) is 47.9 Å². The highest BCUT2D eigenvalue weighted by molar-refractivity contribution is 6.10. The second-order valence-corrected chi connectivity index (χ2v) is 7.77. The molecule has 0 saturated heterocycles. The number of oxazole rings is 1. The number of ether oxygens (including phenoxy) is 3. The number of aromatic nitrogens is 1. The smallest absolute Gasteiger partial charge is 0.339 e. The van der Waals surface area contributed by atoms with Crippen molar-refractivity contribution in [2.75, 3.05) is 20.8 Å². The molecular weight excluding hydrogens is 446 g/mol. The molecule has 0 bridgehead atoms. The number of benzene rings is 4. The van der Waals surface area contributed by atoms with E-state index in [1.54, 1.807) is 30.3 Å². The van der Waals surface area contributed by atoms with Gasteiger partial charge in [-0.15, -0.1) is 0 Å². The van der Waals surface area contributed by atoms with Gasteiger partial charge in [-0.2, -0.15) is 0 Å². The lowest BCUT2D eigenvalue weighted by Crippen LogP contribution is -2.15. The van der Waals surface area contributed by atoms with Crippen LogP contribution in [0.1, 0.15) is 20.7 Å². The predicted molar refractivity (Wildman–Crippen MR) is 131 cm³/mol. The Balaban J connectivity index is 1.45. The van der Waals surface area contributed by atoms with Gasteiger partial charge in [0.1, 0.15) is 5.52 Å². The molecule has 1 heterocycles. The van der Waals surface area contributed by atoms with Crippen LogP contribution in [0.4, 0.5) is 0 Å². The molecule has 4 aromatic carbocycles. The topological polar surface area (TPSA) is 87.9 Å². The number of methoxy groups -OCH3 is 2. The number of fused-ring (bicyclic) bond motifs is 2.